The van der Waals surface area contributed by atoms with Crippen LogP contribution < -0.4 is 11.3 Å². The number of cyclic esters (lactones) is 1. The molecule has 2 aliphatic heterocycles. The number of carbonyl (C=O) groups excluding carboxylic acids is 1. The molecule has 9 nitrogen and oxygen atoms in total. The Balaban J connectivity index is 1.79. The molecule has 0 bridgehead atoms. The number of nitrogens with two attached hydrogens (primary N) is 1. The summed E-state index contributed by atoms with van der Waals surface area (Å²) in [5.74, 6) is -0.509. The van der Waals surface area contributed by atoms with Crippen molar-refractivity contribution in [1.82, 2.24) is 9.55 Å². The number of fused-ring (bicyclic) bond motifs is 5. The molecule has 3 aromatic rings. The molecule has 1 unspecified atom stereocenters. The van der Waals surface area contributed by atoms with Crippen LogP contribution in [0.4, 0.5) is 0 Å². The van der Waals surface area contributed by atoms with Gasteiger partial charge in [0.25, 0.3) is 5.56 Å². The number of aromatic nitrogens is 2. The second-order valence-corrected chi connectivity index (χ2v) is 8.35. The molecule has 1 aromatic carbocycles. The van der Waals surface area contributed by atoms with Crippen LogP contribution in [-0.2, 0) is 39.4 Å². The van der Waals surface area contributed by atoms with E-state index in [1.807, 2.05) is 6.92 Å². The van der Waals surface area contributed by atoms with Crippen molar-refractivity contribution in [1.29, 1.82) is 0 Å². The highest BCUT2D eigenvalue weighted by molar-refractivity contribution is 5.90. The van der Waals surface area contributed by atoms with E-state index >= 15 is 0 Å². The molecule has 9 heteroatoms. The highest BCUT2D eigenvalue weighted by Crippen LogP contribution is 2.42. The number of pyridine rings is 2. The molecule has 0 saturated carbocycles. The van der Waals surface area contributed by atoms with E-state index in [1.54, 1.807) is 35.8 Å². The molecule has 0 fully saturated rings. The molecule has 4 N–H and O–H groups in total. The molecular formula is C24H25N3O6. The zero-order valence-electron chi connectivity index (χ0n) is 18.4. The van der Waals surface area contributed by atoms with Gasteiger partial charge in [-0.25, -0.2) is 9.78 Å². The number of phenolic OH excluding ortho intramolecular Hbond substituents is 1. The van der Waals surface area contributed by atoms with E-state index in [4.69, 9.17) is 20.2 Å². The predicted octanol–water partition coefficient (Wildman–Crippen LogP) is 1.65. The minimum absolute atomic E-state index is 0.149. The maximum atomic E-state index is 13.5. The zero-order valence-corrected chi connectivity index (χ0v) is 18.4. The van der Waals surface area contributed by atoms with Gasteiger partial charge in [-0.1, -0.05) is 13.8 Å². The van der Waals surface area contributed by atoms with Gasteiger partial charge in [-0.15, -0.1) is 0 Å². The lowest BCUT2D eigenvalue weighted by atomic mass is 9.85. The number of hydrogen-bond donors (Lipinski definition) is 3. The Hall–Kier alpha value is -3.27. The standard InChI is InChI=1S/C24H25N3O6/c1-3-13-14-7-12(28)5-6-18(14)26-21-15(13)10-27-19(21)8-17-16(22(27)30)11-32-23(31)24(17,4-2)33-20(29)9-25/h5-8,20,28-29H,3-4,9-11,25H2,1-2H3/t20?,24-/m0/s1. The first-order valence-corrected chi connectivity index (χ1v) is 11.0. The predicted molar refractivity (Wildman–Crippen MR) is 119 cm³/mol. The molecule has 0 saturated heterocycles. The van der Waals surface area contributed by atoms with Crippen molar-refractivity contribution in [2.75, 3.05) is 6.54 Å². The lowest BCUT2D eigenvalue weighted by molar-refractivity contribution is -0.218. The smallest absolute Gasteiger partial charge is 0.343 e. The number of hydrogen-bond acceptors (Lipinski definition) is 8. The van der Waals surface area contributed by atoms with Crippen molar-refractivity contribution in [3.8, 4) is 17.1 Å². The minimum Gasteiger partial charge on any atom is -0.508 e. The third-order valence-electron chi connectivity index (χ3n) is 6.65. The summed E-state index contributed by atoms with van der Waals surface area (Å²) >= 11 is 0. The van der Waals surface area contributed by atoms with Crippen LogP contribution in [0.3, 0.4) is 0 Å². The number of nitrogens with zero attached hydrogens (tertiary/aromatic N) is 2. The summed E-state index contributed by atoms with van der Waals surface area (Å²) in [6.07, 6.45) is -0.552. The summed E-state index contributed by atoms with van der Waals surface area (Å²) in [5, 5.41) is 20.9. The number of carbonyl (C=O) groups is 1. The number of aromatic hydroxyl groups is 1. The fourth-order valence-corrected chi connectivity index (χ4v) is 5.02. The van der Waals surface area contributed by atoms with Crippen LogP contribution in [0.15, 0.2) is 29.1 Å². The highest BCUT2D eigenvalue weighted by Gasteiger charge is 2.49. The summed E-state index contributed by atoms with van der Waals surface area (Å²) in [6, 6.07) is 6.78. The zero-order chi connectivity index (χ0) is 23.5. The Morgan fingerprint density at radius 1 is 1.27 bits per heavy atom. The number of benzene rings is 1. The molecule has 2 aromatic heterocycles. The van der Waals surface area contributed by atoms with E-state index in [0.29, 0.717) is 41.0 Å². The maximum Gasteiger partial charge on any atom is 0.343 e. The summed E-state index contributed by atoms with van der Waals surface area (Å²) < 4.78 is 12.7. The number of phenols is 1. The first kappa shape index (κ1) is 21.6. The summed E-state index contributed by atoms with van der Waals surface area (Å²) in [5.41, 5.74) is 8.16. The number of rotatable bonds is 5. The van der Waals surface area contributed by atoms with Crippen molar-refractivity contribution in [2.24, 2.45) is 5.73 Å². The second kappa shape index (κ2) is 7.65. The number of aliphatic hydroxyl groups excluding tert-OH is 1. The van der Waals surface area contributed by atoms with Crippen molar-refractivity contribution in [3.63, 3.8) is 0 Å². The topological polar surface area (TPSA) is 137 Å². The lowest BCUT2D eigenvalue weighted by Crippen LogP contribution is -2.49. The van der Waals surface area contributed by atoms with Crippen LogP contribution in [0.1, 0.15) is 42.5 Å². The maximum absolute atomic E-state index is 13.5. The third-order valence-corrected chi connectivity index (χ3v) is 6.65. The van der Waals surface area contributed by atoms with Gasteiger partial charge >= 0.3 is 5.97 Å². The quantitative estimate of drug-likeness (QED) is 0.308. The average molecular weight is 451 g/mol. The molecule has 0 radical (unpaired) electrons. The number of aliphatic hydroxyl groups is 1. The van der Waals surface area contributed by atoms with E-state index in [1.165, 1.54) is 0 Å². The van der Waals surface area contributed by atoms with Gasteiger partial charge in [0.2, 0.25) is 0 Å². The Labute approximate surface area is 189 Å². The molecule has 172 valence electrons. The minimum atomic E-state index is -1.64. The number of aryl methyl sites for hydroxylation is 1. The van der Waals surface area contributed by atoms with Gasteiger partial charge in [0.15, 0.2) is 11.9 Å². The SMILES string of the molecule is CCc1c2c(nc3ccc(O)cc13)-c1cc3c(c(=O)n1C2)COC(=O)[C@@]3(CC)OC(O)CN. The Bertz CT molecular complexity index is 1360. The van der Waals surface area contributed by atoms with E-state index < -0.39 is 17.9 Å². The van der Waals surface area contributed by atoms with Crippen molar-refractivity contribution < 1.29 is 24.5 Å². The van der Waals surface area contributed by atoms with Crippen LogP contribution >= 0.6 is 0 Å². The molecule has 0 amide bonds. The number of ether oxygens (including phenoxy) is 2. The molecule has 33 heavy (non-hydrogen) atoms. The third kappa shape index (κ3) is 3.00. The number of esters is 1. The molecule has 4 heterocycles. The van der Waals surface area contributed by atoms with Gasteiger partial charge in [-0.05, 0) is 42.7 Å². The van der Waals surface area contributed by atoms with Crippen molar-refractivity contribution in [3.05, 3.63) is 56.9 Å². The van der Waals surface area contributed by atoms with Gasteiger partial charge in [0.05, 0.1) is 29.0 Å². The summed E-state index contributed by atoms with van der Waals surface area (Å²) in [7, 11) is 0. The summed E-state index contributed by atoms with van der Waals surface area (Å²) in [6.45, 7) is 3.70. The fourth-order valence-electron chi connectivity index (χ4n) is 5.02. The van der Waals surface area contributed by atoms with Gasteiger partial charge in [0.1, 0.15) is 12.4 Å². The van der Waals surface area contributed by atoms with Crippen LogP contribution in [0.5, 0.6) is 5.75 Å². The van der Waals surface area contributed by atoms with E-state index in [0.717, 1.165) is 16.5 Å². The molecule has 5 rings (SSSR count). The van der Waals surface area contributed by atoms with E-state index in [2.05, 4.69) is 0 Å². The molecular weight excluding hydrogens is 426 g/mol. The molecule has 0 aliphatic carbocycles. The van der Waals surface area contributed by atoms with Gasteiger partial charge < -0.3 is 30.0 Å². The van der Waals surface area contributed by atoms with Gasteiger partial charge in [-0.3, -0.25) is 4.79 Å². The normalized spacial score (nSPS) is 19.7. The Morgan fingerprint density at radius 3 is 2.76 bits per heavy atom. The van der Waals surface area contributed by atoms with Crippen molar-refractivity contribution >= 4 is 16.9 Å². The highest BCUT2D eigenvalue weighted by atomic mass is 16.6. The molecule has 2 atom stereocenters. The molecule has 0 spiro atoms. The van der Waals surface area contributed by atoms with Crippen LogP contribution in [0.25, 0.3) is 22.3 Å². The van der Waals surface area contributed by atoms with Crippen LogP contribution in [0, 0.1) is 0 Å². The Morgan fingerprint density at radius 2 is 2.06 bits per heavy atom. The lowest BCUT2D eigenvalue weighted by Gasteiger charge is -2.37. The first-order chi connectivity index (χ1) is 15.8. The van der Waals surface area contributed by atoms with Gasteiger partial charge in [-0.2, -0.15) is 0 Å². The largest absolute Gasteiger partial charge is 0.508 e. The fraction of sp³-hybridized carbons (Fsp3) is 0.375. The average Bonchev–Trinajstić information content (AvgIpc) is 3.18. The van der Waals surface area contributed by atoms with E-state index in [9.17, 15) is 19.8 Å². The Kier molecular flexibility index (Phi) is 5.00. The van der Waals surface area contributed by atoms with Crippen LogP contribution in [0.2, 0.25) is 0 Å². The van der Waals surface area contributed by atoms with Crippen LogP contribution in [-0.4, -0.2) is 38.6 Å². The summed E-state index contributed by atoms with van der Waals surface area (Å²) in [4.78, 5) is 31.2. The van der Waals surface area contributed by atoms with Crippen molar-refractivity contribution in [2.45, 2.75) is 51.7 Å². The molecule has 2 aliphatic rings. The monoisotopic (exact) mass is 451 g/mol. The first-order valence-electron chi connectivity index (χ1n) is 11.0. The van der Waals surface area contributed by atoms with E-state index in [-0.39, 0.29) is 30.9 Å². The van der Waals surface area contributed by atoms with Gasteiger partial charge in [0, 0.05) is 23.1 Å². The second-order valence-electron chi connectivity index (χ2n) is 8.35.